The molecule has 1 heterocycles. The van der Waals surface area contributed by atoms with Crippen LogP contribution in [-0.4, -0.2) is 37.5 Å². The molecule has 4 rings (SSSR count). The van der Waals surface area contributed by atoms with Crippen molar-refractivity contribution >= 4 is 26.7 Å². The fraction of sp³-hybridized carbons (Fsp3) is 0.190. The van der Waals surface area contributed by atoms with Gasteiger partial charge >= 0.3 is 0 Å². The number of hydroxylamine groups is 1. The van der Waals surface area contributed by atoms with Crippen molar-refractivity contribution in [2.75, 3.05) is 13.7 Å². The first-order valence-electron chi connectivity index (χ1n) is 9.07. The zero-order chi connectivity index (χ0) is 20.6. The first kappa shape index (κ1) is 19.4. The molecule has 0 spiro atoms. The normalized spacial score (nSPS) is 17.0. The molecule has 8 heteroatoms. The number of rotatable bonds is 4. The number of nitrogens with zero attached hydrogens (tertiary/aromatic N) is 1. The highest BCUT2D eigenvalue weighted by atomic mass is 32.2. The summed E-state index contributed by atoms with van der Waals surface area (Å²) >= 11 is 0. The highest BCUT2D eigenvalue weighted by Crippen LogP contribution is 2.38. The second-order valence-electron chi connectivity index (χ2n) is 6.78. The molecule has 150 valence electrons. The Bertz CT molecular complexity index is 1180. The lowest BCUT2D eigenvalue weighted by atomic mass is 9.89. The van der Waals surface area contributed by atoms with E-state index in [1.807, 2.05) is 36.4 Å². The Morgan fingerprint density at radius 1 is 1.10 bits per heavy atom. The Morgan fingerprint density at radius 3 is 2.52 bits per heavy atom. The molecule has 0 bridgehead atoms. The predicted octanol–water partition coefficient (Wildman–Crippen LogP) is 2.64. The van der Waals surface area contributed by atoms with Crippen molar-refractivity contribution in [3.05, 3.63) is 71.8 Å². The van der Waals surface area contributed by atoms with Crippen LogP contribution in [0.15, 0.2) is 65.6 Å². The maximum atomic E-state index is 13.4. The fourth-order valence-electron chi connectivity index (χ4n) is 3.85. The van der Waals surface area contributed by atoms with E-state index < -0.39 is 22.0 Å². The first-order chi connectivity index (χ1) is 14.0. The number of benzene rings is 3. The van der Waals surface area contributed by atoms with Gasteiger partial charge in [-0.2, -0.15) is 4.31 Å². The number of hydrogen-bond acceptors (Lipinski definition) is 5. The summed E-state index contributed by atoms with van der Waals surface area (Å²) in [5.74, 6) is -0.261. The third-order valence-electron chi connectivity index (χ3n) is 5.25. The largest absolute Gasteiger partial charge is 0.497 e. The van der Waals surface area contributed by atoms with Gasteiger partial charge in [0.2, 0.25) is 10.0 Å². The maximum Gasteiger partial charge on any atom is 0.266 e. The number of carbonyl (C=O) groups excluding carboxylic acids is 1. The Balaban J connectivity index is 1.88. The molecular weight excluding hydrogens is 392 g/mol. The molecule has 7 nitrogen and oxygen atoms in total. The average molecular weight is 412 g/mol. The molecule has 1 aliphatic rings. The second-order valence-corrected chi connectivity index (χ2v) is 8.67. The fourth-order valence-corrected chi connectivity index (χ4v) is 5.41. The van der Waals surface area contributed by atoms with Gasteiger partial charge in [-0.05, 0) is 52.6 Å². The van der Waals surface area contributed by atoms with E-state index in [9.17, 15) is 18.4 Å². The van der Waals surface area contributed by atoms with Crippen LogP contribution in [-0.2, 0) is 21.2 Å². The van der Waals surface area contributed by atoms with E-state index in [-0.39, 0.29) is 11.4 Å². The molecule has 0 aliphatic carbocycles. The van der Waals surface area contributed by atoms with Crippen LogP contribution in [0, 0.1) is 0 Å². The lowest BCUT2D eigenvalue weighted by Gasteiger charge is -2.35. The molecule has 0 saturated heterocycles. The smallest absolute Gasteiger partial charge is 0.266 e. The minimum atomic E-state index is -4.00. The number of hydrogen-bond donors (Lipinski definition) is 2. The quantitative estimate of drug-likeness (QED) is 0.507. The van der Waals surface area contributed by atoms with E-state index in [0.717, 1.165) is 20.6 Å². The van der Waals surface area contributed by atoms with Gasteiger partial charge in [-0.15, -0.1) is 0 Å². The molecule has 0 radical (unpaired) electrons. The molecule has 3 aromatic carbocycles. The topological polar surface area (TPSA) is 95.9 Å². The van der Waals surface area contributed by atoms with E-state index in [4.69, 9.17) is 4.74 Å². The molecule has 0 fully saturated rings. The van der Waals surface area contributed by atoms with E-state index in [0.29, 0.717) is 17.7 Å². The number of nitrogens with one attached hydrogen (secondary N) is 1. The van der Waals surface area contributed by atoms with E-state index in [1.54, 1.807) is 17.6 Å². The average Bonchev–Trinajstić information content (AvgIpc) is 2.77. The highest BCUT2D eigenvalue weighted by Gasteiger charge is 2.41. The third-order valence-corrected chi connectivity index (χ3v) is 7.13. The third kappa shape index (κ3) is 3.25. The predicted molar refractivity (Wildman–Crippen MR) is 107 cm³/mol. The summed E-state index contributed by atoms with van der Waals surface area (Å²) in [6, 6.07) is 16.2. The molecule has 1 atom stereocenters. The lowest BCUT2D eigenvalue weighted by Crippen LogP contribution is -2.46. The van der Waals surface area contributed by atoms with Crippen LogP contribution in [0.5, 0.6) is 5.75 Å². The summed E-state index contributed by atoms with van der Waals surface area (Å²) in [4.78, 5) is 12.7. The first-order valence-corrected chi connectivity index (χ1v) is 10.5. The summed E-state index contributed by atoms with van der Waals surface area (Å²) in [6.45, 7) is 0.123. The van der Waals surface area contributed by atoms with Crippen molar-refractivity contribution in [1.82, 2.24) is 9.79 Å². The summed E-state index contributed by atoms with van der Waals surface area (Å²) in [6.07, 6.45) is 0.463. The molecule has 3 aromatic rings. The number of amides is 1. The maximum absolute atomic E-state index is 13.4. The summed E-state index contributed by atoms with van der Waals surface area (Å²) < 4.78 is 33.0. The molecule has 2 N–H and O–H groups in total. The van der Waals surface area contributed by atoms with Crippen LogP contribution >= 0.6 is 0 Å². The summed E-state index contributed by atoms with van der Waals surface area (Å²) in [5, 5.41) is 11.0. The molecule has 1 aliphatic heterocycles. The number of fused-ring (bicyclic) bond motifs is 3. The second kappa shape index (κ2) is 7.47. The number of sulfonamides is 1. The van der Waals surface area contributed by atoms with Crippen LogP contribution in [0.1, 0.15) is 17.2 Å². The Morgan fingerprint density at radius 2 is 1.83 bits per heavy atom. The van der Waals surface area contributed by atoms with E-state index >= 15 is 0 Å². The van der Waals surface area contributed by atoms with Gasteiger partial charge in [-0.25, -0.2) is 13.9 Å². The van der Waals surface area contributed by atoms with Crippen LogP contribution in [0.25, 0.3) is 10.8 Å². The van der Waals surface area contributed by atoms with Gasteiger partial charge < -0.3 is 4.74 Å². The molecule has 0 aromatic heterocycles. The van der Waals surface area contributed by atoms with Crippen LogP contribution in [0.3, 0.4) is 0 Å². The van der Waals surface area contributed by atoms with Crippen molar-refractivity contribution < 1.29 is 23.2 Å². The van der Waals surface area contributed by atoms with Crippen molar-refractivity contribution in [2.24, 2.45) is 0 Å². The minimum absolute atomic E-state index is 0.0535. The zero-order valence-electron chi connectivity index (χ0n) is 15.7. The molecule has 29 heavy (non-hydrogen) atoms. The van der Waals surface area contributed by atoms with Gasteiger partial charge in [-0.3, -0.25) is 10.0 Å². The van der Waals surface area contributed by atoms with Gasteiger partial charge in [0, 0.05) is 6.54 Å². The van der Waals surface area contributed by atoms with E-state index in [1.165, 1.54) is 19.2 Å². The SMILES string of the molecule is COc1ccc(S(=O)(=O)N2CCc3ccc4ccccc4c3[C@@H]2C(=O)NO)cc1. The number of carbonyl (C=O) groups is 1. The van der Waals surface area contributed by atoms with Crippen molar-refractivity contribution in [1.29, 1.82) is 0 Å². The van der Waals surface area contributed by atoms with Gasteiger partial charge in [0.25, 0.3) is 5.91 Å². The van der Waals surface area contributed by atoms with Crippen molar-refractivity contribution in [3.8, 4) is 5.75 Å². The Kier molecular flexibility index (Phi) is 4.99. The van der Waals surface area contributed by atoms with Crippen LogP contribution in [0.4, 0.5) is 0 Å². The van der Waals surface area contributed by atoms with Crippen LogP contribution < -0.4 is 10.2 Å². The van der Waals surface area contributed by atoms with Gasteiger partial charge in [0.05, 0.1) is 12.0 Å². The minimum Gasteiger partial charge on any atom is -0.497 e. The molecule has 0 saturated carbocycles. The molecular formula is C21H20N2O5S. The zero-order valence-corrected chi connectivity index (χ0v) is 16.5. The summed E-state index contributed by atoms with van der Waals surface area (Å²) in [7, 11) is -2.50. The Hall–Kier alpha value is -2.94. The van der Waals surface area contributed by atoms with Crippen molar-refractivity contribution in [3.63, 3.8) is 0 Å². The van der Waals surface area contributed by atoms with Gasteiger partial charge in [0.15, 0.2) is 0 Å². The standard InChI is InChI=1S/C21H20N2O5S/c1-28-16-8-10-17(11-9-16)29(26,27)23-13-12-15-7-6-14-4-2-3-5-18(14)19(15)20(23)21(24)22-25/h2-11,20,25H,12-13H2,1H3,(H,22,24)/t20-/m1/s1. The summed E-state index contributed by atoms with van der Waals surface area (Å²) in [5.41, 5.74) is 3.13. The van der Waals surface area contributed by atoms with Crippen molar-refractivity contribution in [2.45, 2.75) is 17.4 Å². The molecule has 0 unspecified atom stereocenters. The van der Waals surface area contributed by atoms with Gasteiger partial charge in [-0.1, -0.05) is 36.4 Å². The number of methoxy groups -OCH3 is 1. The number of ether oxygens (including phenoxy) is 1. The monoisotopic (exact) mass is 412 g/mol. The van der Waals surface area contributed by atoms with Gasteiger partial charge in [0.1, 0.15) is 11.8 Å². The lowest BCUT2D eigenvalue weighted by molar-refractivity contribution is -0.133. The Labute approximate surface area is 168 Å². The molecule has 1 amide bonds. The highest BCUT2D eigenvalue weighted by molar-refractivity contribution is 7.89. The van der Waals surface area contributed by atoms with Crippen LogP contribution in [0.2, 0.25) is 0 Å². The van der Waals surface area contributed by atoms with E-state index in [2.05, 4.69) is 0 Å².